The molecule has 0 fully saturated rings. The van der Waals surface area contributed by atoms with Crippen molar-refractivity contribution in [3.05, 3.63) is 104 Å². The smallest absolute Gasteiger partial charge is 0.268 e. The Hall–Kier alpha value is -3.84. The summed E-state index contributed by atoms with van der Waals surface area (Å²) >= 11 is 3.47. The lowest BCUT2D eigenvalue weighted by Crippen LogP contribution is -2.41. The molecule has 168 valence electrons. The molecule has 0 bridgehead atoms. The number of hydrogen-bond acceptors (Lipinski definition) is 4. The van der Waals surface area contributed by atoms with E-state index in [1.165, 1.54) is 6.07 Å². The number of rotatable bonds is 4. The van der Waals surface area contributed by atoms with E-state index in [4.69, 9.17) is 0 Å². The van der Waals surface area contributed by atoms with Crippen LogP contribution in [0, 0.1) is 17.0 Å². The predicted octanol–water partition coefficient (Wildman–Crippen LogP) is 6.85. The molecule has 0 aromatic heterocycles. The number of halogens is 1. The maximum absolute atomic E-state index is 13.7. The topological polar surface area (TPSA) is 80.5 Å². The summed E-state index contributed by atoms with van der Waals surface area (Å²) in [6.45, 7) is 3.85. The summed E-state index contributed by atoms with van der Waals surface area (Å²) < 4.78 is 0.886. The van der Waals surface area contributed by atoms with Gasteiger partial charge in [0, 0.05) is 21.5 Å². The summed E-state index contributed by atoms with van der Waals surface area (Å²) in [6, 6.07) is 19.1. The van der Waals surface area contributed by atoms with E-state index in [1.54, 1.807) is 36.4 Å². The number of para-hydroxylation sites is 1. The first-order valence-electron chi connectivity index (χ1n) is 10.8. The highest BCUT2D eigenvalue weighted by Crippen LogP contribution is 2.44. The van der Waals surface area contributed by atoms with Crippen LogP contribution < -0.4 is 4.90 Å². The molecular formula is C27H19BrN2O4. The van der Waals surface area contributed by atoms with E-state index in [9.17, 15) is 19.7 Å². The van der Waals surface area contributed by atoms with Gasteiger partial charge in [0.2, 0.25) is 0 Å². The molecule has 0 N–H and O–H groups in total. The second kappa shape index (κ2) is 8.18. The summed E-state index contributed by atoms with van der Waals surface area (Å²) in [6.07, 6.45) is 0.631. The lowest BCUT2D eigenvalue weighted by molar-refractivity contribution is -0.384. The van der Waals surface area contributed by atoms with Gasteiger partial charge in [-0.2, -0.15) is 0 Å². The van der Waals surface area contributed by atoms with Crippen LogP contribution in [-0.4, -0.2) is 16.7 Å². The number of amides is 2. The SMILES string of the molecule is CCc1ccccc1N1C(=O)c2cccc3c(-c4ccc(Br)c(C)c4)c([N+](=O)[O-])cc(c23)C1=O. The average Bonchev–Trinajstić information content (AvgIpc) is 2.84. The molecule has 7 heteroatoms. The first-order chi connectivity index (χ1) is 16.3. The van der Waals surface area contributed by atoms with Crippen LogP contribution in [0.3, 0.4) is 0 Å². The van der Waals surface area contributed by atoms with Gasteiger partial charge in [-0.25, -0.2) is 4.90 Å². The largest absolute Gasteiger partial charge is 0.278 e. The van der Waals surface area contributed by atoms with E-state index in [0.717, 1.165) is 20.5 Å². The van der Waals surface area contributed by atoms with Crippen LogP contribution in [0.15, 0.2) is 71.2 Å². The molecule has 0 spiro atoms. The molecule has 1 heterocycles. The molecule has 6 nitrogen and oxygen atoms in total. The maximum Gasteiger partial charge on any atom is 0.278 e. The van der Waals surface area contributed by atoms with E-state index in [0.29, 0.717) is 39.6 Å². The van der Waals surface area contributed by atoms with Gasteiger partial charge in [0.05, 0.1) is 21.7 Å². The Morgan fingerprint density at radius 3 is 2.38 bits per heavy atom. The van der Waals surface area contributed by atoms with Gasteiger partial charge < -0.3 is 0 Å². The van der Waals surface area contributed by atoms with Crippen LogP contribution in [0.25, 0.3) is 21.9 Å². The highest BCUT2D eigenvalue weighted by atomic mass is 79.9. The van der Waals surface area contributed by atoms with Gasteiger partial charge in [-0.05, 0) is 53.6 Å². The fourth-order valence-corrected chi connectivity index (χ4v) is 4.89. The number of hydrogen-bond donors (Lipinski definition) is 0. The fraction of sp³-hybridized carbons (Fsp3) is 0.111. The van der Waals surface area contributed by atoms with E-state index in [2.05, 4.69) is 15.9 Å². The second-order valence-corrected chi connectivity index (χ2v) is 9.05. The number of nitro benzene ring substituents is 1. The number of carbonyl (C=O) groups is 2. The molecule has 2 amide bonds. The third-order valence-corrected chi connectivity index (χ3v) is 7.15. The van der Waals surface area contributed by atoms with Crippen LogP contribution in [0.2, 0.25) is 0 Å². The van der Waals surface area contributed by atoms with Gasteiger partial charge in [-0.3, -0.25) is 19.7 Å². The van der Waals surface area contributed by atoms with Crippen LogP contribution in [-0.2, 0) is 6.42 Å². The van der Waals surface area contributed by atoms with Crippen molar-refractivity contribution in [3.8, 4) is 11.1 Å². The monoisotopic (exact) mass is 514 g/mol. The molecule has 0 radical (unpaired) electrons. The van der Waals surface area contributed by atoms with Crippen molar-refractivity contribution in [1.29, 1.82) is 0 Å². The van der Waals surface area contributed by atoms with Gasteiger partial charge in [0.15, 0.2) is 0 Å². The van der Waals surface area contributed by atoms with E-state index >= 15 is 0 Å². The summed E-state index contributed by atoms with van der Waals surface area (Å²) in [4.78, 5) is 40.2. The standard InChI is InChI=1S/C27H19BrN2O4/c1-3-16-7-4-5-10-22(16)29-26(31)19-9-6-8-18-24(17-11-12-21(28)15(2)13-17)23(30(33)34)14-20(25(18)19)27(29)32/h4-14H,3H2,1-2H3. The number of benzene rings is 4. The molecule has 5 rings (SSSR count). The van der Waals surface area contributed by atoms with Crippen molar-refractivity contribution in [2.75, 3.05) is 4.90 Å². The second-order valence-electron chi connectivity index (χ2n) is 8.20. The van der Waals surface area contributed by atoms with Crippen molar-refractivity contribution < 1.29 is 14.5 Å². The third-order valence-electron chi connectivity index (χ3n) is 6.26. The average molecular weight is 515 g/mol. The molecule has 0 saturated heterocycles. The van der Waals surface area contributed by atoms with Crippen molar-refractivity contribution in [2.45, 2.75) is 20.3 Å². The summed E-state index contributed by atoms with van der Waals surface area (Å²) in [5.41, 5.74) is 3.63. The van der Waals surface area contributed by atoms with Gasteiger partial charge in [-0.15, -0.1) is 0 Å². The van der Waals surface area contributed by atoms with Crippen molar-refractivity contribution in [1.82, 2.24) is 0 Å². The molecular weight excluding hydrogens is 496 g/mol. The van der Waals surface area contributed by atoms with Crippen LogP contribution in [0.5, 0.6) is 0 Å². The summed E-state index contributed by atoms with van der Waals surface area (Å²) in [5, 5.41) is 13.1. The number of carbonyl (C=O) groups excluding carboxylic acids is 2. The zero-order valence-corrected chi connectivity index (χ0v) is 20.0. The minimum absolute atomic E-state index is 0.153. The fourth-order valence-electron chi connectivity index (χ4n) is 4.64. The van der Waals surface area contributed by atoms with Crippen molar-refractivity contribution in [2.24, 2.45) is 0 Å². The van der Waals surface area contributed by atoms with E-state index in [1.807, 2.05) is 38.1 Å². The summed E-state index contributed by atoms with van der Waals surface area (Å²) in [5.74, 6) is -0.993. The Morgan fingerprint density at radius 1 is 0.941 bits per heavy atom. The van der Waals surface area contributed by atoms with E-state index in [-0.39, 0.29) is 11.3 Å². The first kappa shape index (κ1) is 22.0. The number of nitrogens with zero attached hydrogens (tertiary/aromatic N) is 2. The molecule has 0 unspecified atom stereocenters. The highest BCUT2D eigenvalue weighted by Gasteiger charge is 2.37. The molecule has 0 atom stereocenters. The summed E-state index contributed by atoms with van der Waals surface area (Å²) in [7, 11) is 0. The number of aryl methyl sites for hydroxylation is 2. The van der Waals surface area contributed by atoms with Crippen LogP contribution in [0.1, 0.15) is 38.8 Å². The van der Waals surface area contributed by atoms with Gasteiger partial charge in [0.1, 0.15) is 0 Å². The third kappa shape index (κ3) is 3.23. The zero-order valence-electron chi connectivity index (χ0n) is 18.5. The lowest BCUT2D eigenvalue weighted by Gasteiger charge is -2.29. The zero-order chi connectivity index (χ0) is 24.1. The van der Waals surface area contributed by atoms with Crippen LogP contribution >= 0.6 is 15.9 Å². The number of nitro groups is 1. The maximum atomic E-state index is 13.7. The Bertz CT molecular complexity index is 1540. The Balaban J connectivity index is 1.84. The Morgan fingerprint density at radius 2 is 1.68 bits per heavy atom. The Labute approximate surface area is 204 Å². The molecule has 1 aliphatic heterocycles. The first-order valence-corrected chi connectivity index (χ1v) is 11.6. The van der Waals surface area contributed by atoms with Gasteiger partial charge in [0.25, 0.3) is 17.5 Å². The van der Waals surface area contributed by atoms with Gasteiger partial charge >= 0.3 is 0 Å². The van der Waals surface area contributed by atoms with Crippen LogP contribution in [0.4, 0.5) is 11.4 Å². The van der Waals surface area contributed by atoms with Crippen molar-refractivity contribution >= 4 is 49.9 Å². The minimum Gasteiger partial charge on any atom is -0.268 e. The molecule has 34 heavy (non-hydrogen) atoms. The molecule has 0 saturated carbocycles. The predicted molar refractivity (Wildman–Crippen MR) is 135 cm³/mol. The molecule has 4 aromatic carbocycles. The normalized spacial score (nSPS) is 13.0. The van der Waals surface area contributed by atoms with Crippen molar-refractivity contribution in [3.63, 3.8) is 0 Å². The molecule has 0 aliphatic carbocycles. The quantitative estimate of drug-likeness (QED) is 0.169. The molecule has 1 aliphatic rings. The lowest BCUT2D eigenvalue weighted by atomic mass is 9.87. The molecule has 4 aromatic rings. The minimum atomic E-state index is -0.559. The highest BCUT2D eigenvalue weighted by molar-refractivity contribution is 9.10. The van der Waals surface area contributed by atoms with Gasteiger partial charge in [-0.1, -0.05) is 65.3 Å². The van der Waals surface area contributed by atoms with E-state index < -0.39 is 16.7 Å². The Kier molecular flexibility index (Phi) is 5.29. The number of anilines is 1. The number of imide groups is 1.